The van der Waals surface area contributed by atoms with E-state index in [0.29, 0.717) is 17.2 Å². The van der Waals surface area contributed by atoms with Gasteiger partial charge in [0.05, 0.1) is 27.9 Å². The smallest absolute Gasteiger partial charge is 0.203 e. The third-order valence-electron chi connectivity index (χ3n) is 2.93. The van der Waals surface area contributed by atoms with Crippen LogP contribution in [0.4, 0.5) is 0 Å². The molecule has 2 rings (SSSR count). The van der Waals surface area contributed by atoms with Crippen LogP contribution in [0.25, 0.3) is 0 Å². The largest absolute Gasteiger partial charge is 0.493 e. The highest BCUT2D eigenvalue weighted by Crippen LogP contribution is 2.40. The molecule has 0 bridgehead atoms. The number of hydrogen-bond acceptors (Lipinski definition) is 5. The van der Waals surface area contributed by atoms with E-state index in [9.17, 15) is 0 Å². The molecule has 5 heteroatoms. The van der Waals surface area contributed by atoms with Gasteiger partial charge in [0.25, 0.3) is 0 Å². The van der Waals surface area contributed by atoms with Gasteiger partial charge in [0.1, 0.15) is 6.23 Å². The van der Waals surface area contributed by atoms with Gasteiger partial charge in [-0.15, -0.1) is 0 Å². The highest BCUT2D eigenvalue weighted by atomic mass is 16.5. The lowest BCUT2D eigenvalue weighted by Crippen LogP contribution is -2.31. The molecule has 0 aliphatic carbocycles. The highest BCUT2D eigenvalue weighted by Gasteiger charge is 2.20. The van der Waals surface area contributed by atoms with Crippen LogP contribution in [0.1, 0.15) is 18.2 Å². The van der Waals surface area contributed by atoms with Crippen molar-refractivity contribution < 1.29 is 18.9 Å². The predicted molar refractivity (Wildman–Crippen MR) is 67.4 cm³/mol. The zero-order valence-corrected chi connectivity index (χ0v) is 11.0. The molecule has 1 heterocycles. The van der Waals surface area contributed by atoms with Crippen molar-refractivity contribution in [3.8, 4) is 17.2 Å². The fourth-order valence-electron chi connectivity index (χ4n) is 2.03. The monoisotopic (exact) mass is 253 g/mol. The molecule has 1 atom stereocenters. The molecule has 0 saturated carbocycles. The average molecular weight is 253 g/mol. The van der Waals surface area contributed by atoms with Crippen LogP contribution in [0.3, 0.4) is 0 Å². The Morgan fingerprint density at radius 2 is 1.78 bits per heavy atom. The molecule has 1 unspecified atom stereocenters. The van der Waals surface area contributed by atoms with E-state index >= 15 is 0 Å². The summed E-state index contributed by atoms with van der Waals surface area (Å²) in [5.41, 5.74) is 0.976. The number of ether oxygens (including phenoxy) is 4. The molecule has 0 amide bonds. The van der Waals surface area contributed by atoms with E-state index in [4.69, 9.17) is 18.9 Å². The van der Waals surface area contributed by atoms with Gasteiger partial charge >= 0.3 is 0 Å². The topological polar surface area (TPSA) is 49.0 Å². The number of benzene rings is 1. The number of rotatable bonds is 4. The van der Waals surface area contributed by atoms with E-state index in [1.165, 1.54) is 0 Å². The molecule has 1 N–H and O–H groups in total. The van der Waals surface area contributed by atoms with E-state index in [1.807, 2.05) is 12.1 Å². The normalized spacial score (nSPS) is 19.4. The Labute approximate surface area is 107 Å². The number of methoxy groups -OCH3 is 3. The molecule has 0 radical (unpaired) electrons. The zero-order chi connectivity index (χ0) is 13.0. The highest BCUT2D eigenvalue weighted by molar-refractivity contribution is 5.54. The van der Waals surface area contributed by atoms with Crippen LogP contribution in [0.15, 0.2) is 12.1 Å². The van der Waals surface area contributed by atoms with Crippen molar-refractivity contribution in [3.05, 3.63) is 17.7 Å². The minimum Gasteiger partial charge on any atom is -0.493 e. The molecular formula is C13H19NO4. The maximum Gasteiger partial charge on any atom is 0.203 e. The first kappa shape index (κ1) is 13.0. The van der Waals surface area contributed by atoms with Crippen LogP contribution in [-0.2, 0) is 4.74 Å². The first-order valence-corrected chi connectivity index (χ1v) is 5.95. The Balaban J connectivity index is 2.35. The Morgan fingerprint density at radius 3 is 2.22 bits per heavy atom. The molecule has 1 aromatic carbocycles. The second-order valence-electron chi connectivity index (χ2n) is 4.02. The summed E-state index contributed by atoms with van der Waals surface area (Å²) in [6.07, 6.45) is 0.911. The van der Waals surface area contributed by atoms with Gasteiger partial charge in [0.2, 0.25) is 5.75 Å². The molecule has 0 spiro atoms. The fraction of sp³-hybridized carbons (Fsp3) is 0.538. The Kier molecular flexibility index (Phi) is 4.28. The van der Waals surface area contributed by atoms with Crippen molar-refractivity contribution >= 4 is 0 Å². The van der Waals surface area contributed by atoms with Crippen molar-refractivity contribution in [2.75, 3.05) is 34.5 Å². The van der Waals surface area contributed by atoms with Crippen LogP contribution >= 0.6 is 0 Å². The molecule has 1 aliphatic heterocycles. The predicted octanol–water partition coefficient (Wildman–Crippen LogP) is 1.72. The molecule has 1 aromatic rings. The number of nitrogens with one attached hydrogen (secondary N) is 1. The lowest BCUT2D eigenvalue weighted by Gasteiger charge is -2.25. The maximum absolute atomic E-state index is 5.67. The van der Waals surface area contributed by atoms with Crippen molar-refractivity contribution in [3.63, 3.8) is 0 Å². The first-order valence-electron chi connectivity index (χ1n) is 5.95. The van der Waals surface area contributed by atoms with E-state index in [0.717, 1.165) is 25.1 Å². The third-order valence-corrected chi connectivity index (χ3v) is 2.93. The lowest BCUT2D eigenvalue weighted by atomic mass is 10.1. The fourth-order valence-corrected chi connectivity index (χ4v) is 2.03. The Bertz CT molecular complexity index is 377. The molecule has 100 valence electrons. The van der Waals surface area contributed by atoms with Crippen LogP contribution < -0.4 is 19.5 Å². The van der Waals surface area contributed by atoms with Crippen LogP contribution in [0, 0.1) is 0 Å². The molecule has 0 aromatic heterocycles. The number of hydrogen-bond donors (Lipinski definition) is 1. The summed E-state index contributed by atoms with van der Waals surface area (Å²) >= 11 is 0. The zero-order valence-electron chi connectivity index (χ0n) is 11.0. The van der Waals surface area contributed by atoms with E-state index in [1.54, 1.807) is 21.3 Å². The lowest BCUT2D eigenvalue weighted by molar-refractivity contribution is -0.000572. The van der Waals surface area contributed by atoms with Crippen LogP contribution in [0.5, 0.6) is 17.2 Å². The van der Waals surface area contributed by atoms with Gasteiger partial charge in [-0.25, -0.2) is 0 Å². The molecule has 1 saturated heterocycles. The summed E-state index contributed by atoms with van der Waals surface area (Å²) in [5, 5.41) is 3.30. The molecule has 1 fully saturated rings. The minimum atomic E-state index is -0.118. The van der Waals surface area contributed by atoms with E-state index < -0.39 is 0 Å². The summed E-state index contributed by atoms with van der Waals surface area (Å²) in [5.74, 6) is 1.88. The van der Waals surface area contributed by atoms with Crippen LogP contribution in [0.2, 0.25) is 0 Å². The molecule has 1 aliphatic rings. The van der Waals surface area contributed by atoms with Crippen LogP contribution in [-0.4, -0.2) is 34.5 Å². The summed E-state index contributed by atoms with van der Waals surface area (Å²) in [6, 6.07) is 3.81. The van der Waals surface area contributed by atoms with E-state index in [-0.39, 0.29) is 6.23 Å². The quantitative estimate of drug-likeness (QED) is 0.885. The summed E-state index contributed by atoms with van der Waals surface area (Å²) in [7, 11) is 4.81. The van der Waals surface area contributed by atoms with Gasteiger partial charge in [-0.2, -0.15) is 0 Å². The van der Waals surface area contributed by atoms with Crippen molar-refractivity contribution in [1.82, 2.24) is 5.32 Å². The van der Waals surface area contributed by atoms with Gasteiger partial charge in [0, 0.05) is 12.1 Å². The van der Waals surface area contributed by atoms with E-state index in [2.05, 4.69) is 5.32 Å². The second-order valence-corrected chi connectivity index (χ2v) is 4.02. The van der Waals surface area contributed by atoms with Gasteiger partial charge in [-0.1, -0.05) is 0 Å². The average Bonchev–Trinajstić information content (AvgIpc) is 2.46. The first-order chi connectivity index (χ1) is 8.80. The minimum absolute atomic E-state index is 0.118. The summed E-state index contributed by atoms with van der Waals surface area (Å²) in [4.78, 5) is 0. The maximum atomic E-state index is 5.67. The molecule has 5 nitrogen and oxygen atoms in total. The Hall–Kier alpha value is -1.46. The molecule has 18 heavy (non-hydrogen) atoms. The van der Waals surface area contributed by atoms with Gasteiger partial charge in [0.15, 0.2) is 11.5 Å². The van der Waals surface area contributed by atoms with Crippen molar-refractivity contribution in [2.45, 2.75) is 12.6 Å². The Morgan fingerprint density at radius 1 is 1.11 bits per heavy atom. The summed E-state index contributed by atoms with van der Waals surface area (Å²) < 4.78 is 21.6. The standard InChI is InChI=1S/C13H19NO4/c1-15-10-7-9(13-14-5-4-6-18-13)8-11(16-2)12(10)17-3/h7-8,13-14H,4-6H2,1-3H3. The van der Waals surface area contributed by atoms with Crippen molar-refractivity contribution in [2.24, 2.45) is 0 Å². The second kappa shape index (κ2) is 5.93. The van der Waals surface area contributed by atoms with Gasteiger partial charge < -0.3 is 18.9 Å². The van der Waals surface area contributed by atoms with Crippen molar-refractivity contribution in [1.29, 1.82) is 0 Å². The van der Waals surface area contributed by atoms with Gasteiger partial charge in [-0.05, 0) is 18.6 Å². The molecular weight excluding hydrogens is 234 g/mol. The summed E-state index contributed by atoms with van der Waals surface area (Å²) in [6.45, 7) is 1.70. The SMILES string of the molecule is COc1cc(C2NCCCO2)cc(OC)c1OC. The third kappa shape index (κ3) is 2.52. The van der Waals surface area contributed by atoms with Gasteiger partial charge in [-0.3, -0.25) is 5.32 Å².